The highest BCUT2D eigenvalue weighted by Crippen LogP contribution is 2.22. The molecule has 1 amide bonds. The standard InChI is InChI=1S/C17H23ClN2O3/c1-12(15(18)16(22)20(19-5)17(2,3)4)23-11-14-8-6-13(10-21)7-9-14/h6-9,21H,5,10-11H2,1-4H3/b15-12-. The van der Waals surface area contributed by atoms with Crippen molar-refractivity contribution in [1.29, 1.82) is 0 Å². The fourth-order valence-corrected chi connectivity index (χ4v) is 1.96. The van der Waals surface area contributed by atoms with E-state index in [1.165, 1.54) is 5.01 Å². The molecular formula is C17H23ClN2O3. The van der Waals surface area contributed by atoms with Gasteiger partial charge in [0.2, 0.25) is 0 Å². The third-order valence-corrected chi connectivity index (χ3v) is 3.55. The van der Waals surface area contributed by atoms with Crippen LogP contribution in [0.1, 0.15) is 38.8 Å². The van der Waals surface area contributed by atoms with Gasteiger partial charge in [-0.25, -0.2) is 5.01 Å². The Kier molecular flexibility index (Phi) is 6.79. The number of amides is 1. The van der Waals surface area contributed by atoms with Gasteiger partial charge >= 0.3 is 0 Å². The predicted octanol–water partition coefficient (Wildman–Crippen LogP) is 3.41. The number of benzene rings is 1. The molecule has 0 saturated heterocycles. The van der Waals surface area contributed by atoms with Crippen LogP contribution in [-0.2, 0) is 22.7 Å². The number of hydrogen-bond acceptors (Lipinski definition) is 4. The maximum atomic E-state index is 12.4. The molecule has 126 valence electrons. The second-order valence-corrected chi connectivity index (χ2v) is 6.44. The number of halogens is 1. The van der Waals surface area contributed by atoms with E-state index in [0.717, 1.165) is 11.1 Å². The van der Waals surface area contributed by atoms with E-state index < -0.39 is 11.4 Å². The summed E-state index contributed by atoms with van der Waals surface area (Å²) < 4.78 is 5.57. The van der Waals surface area contributed by atoms with Gasteiger partial charge in [0, 0.05) is 6.72 Å². The first-order valence-electron chi connectivity index (χ1n) is 7.19. The molecule has 1 rings (SSSR count). The van der Waals surface area contributed by atoms with Crippen LogP contribution in [0.2, 0.25) is 0 Å². The second-order valence-electron chi connectivity index (χ2n) is 6.06. The summed E-state index contributed by atoms with van der Waals surface area (Å²) in [5.41, 5.74) is 1.21. The Balaban J connectivity index is 2.79. The van der Waals surface area contributed by atoms with Crippen molar-refractivity contribution in [2.45, 2.75) is 46.4 Å². The summed E-state index contributed by atoms with van der Waals surface area (Å²) in [7, 11) is 0. The summed E-state index contributed by atoms with van der Waals surface area (Å²) in [5, 5.41) is 13.9. The number of carbonyl (C=O) groups is 1. The number of hydrogen-bond donors (Lipinski definition) is 1. The molecule has 0 unspecified atom stereocenters. The summed E-state index contributed by atoms with van der Waals surface area (Å²) in [4.78, 5) is 12.4. The molecule has 0 fully saturated rings. The number of nitrogens with zero attached hydrogens (tertiary/aromatic N) is 2. The lowest BCUT2D eigenvalue weighted by Crippen LogP contribution is -2.41. The lowest BCUT2D eigenvalue weighted by Gasteiger charge is -2.30. The van der Waals surface area contributed by atoms with Crippen LogP contribution in [0.5, 0.6) is 0 Å². The van der Waals surface area contributed by atoms with Crippen LogP contribution < -0.4 is 0 Å². The van der Waals surface area contributed by atoms with Crippen LogP contribution >= 0.6 is 11.6 Å². The van der Waals surface area contributed by atoms with Crippen molar-refractivity contribution >= 4 is 24.2 Å². The van der Waals surface area contributed by atoms with Gasteiger partial charge in [0.25, 0.3) is 5.91 Å². The summed E-state index contributed by atoms with van der Waals surface area (Å²) >= 11 is 6.12. The minimum atomic E-state index is -0.528. The van der Waals surface area contributed by atoms with E-state index in [1.807, 2.05) is 45.0 Å². The first-order valence-corrected chi connectivity index (χ1v) is 7.57. The first kappa shape index (κ1) is 19.2. The maximum absolute atomic E-state index is 12.4. The number of aliphatic hydroxyl groups excluding tert-OH is 1. The zero-order valence-electron chi connectivity index (χ0n) is 14.0. The third-order valence-electron chi connectivity index (χ3n) is 3.13. The summed E-state index contributed by atoms with van der Waals surface area (Å²) in [6.45, 7) is 10.8. The lowest BCUT2D eigenvalue weighted by molar-refractivity contribution is -0.131. The van der Waals surface area contributed by atoms with E-state index in [0.29, 0.717) is 5.76 Å². The molecular weight excluding hydrogens is 316 g/mol. The topological polar surface area (TPSA) is 62.1 Å². The van der Waals surface area contributed by atoms with E-state index in [-0.39, 0.29) is 18.2 Å². The molecule has 5 nitrogen and oxygen atoms in total. The molecule has 1 aromatic rings. The second kappa shape index (κ2) is 8.13. The third kappa shape index (κ3) is 5.37. The van der Waals surface area contributed by atoms with Crippen molar-refractivity contribution < 1.29 is 14.6 Å². The van der Waals surface area contributed by atoms with Gasteiger partial charge in [-0.05, 0) is 38.8 Å². The number of carbonyl (C=O) groups excluding carboxylic acids is 1. The average molecular weight is 339 g/mol. The fourth-order valence-electron chi connectivity index (χ4n) is 1.82. The molecule has 0 heterocycles. The number of rotatable bonds is 6. The highest BCUT2D eigenvalue weighted by Gasteiger charge is 2.29. The van der Waals surface area contributed by atoms with Gasteiger partial charge in [0.15, 0.2) is 0 Å². The Labute approximate surface area is 142 Å². The smallest absolute Gasteiger partial charge is 0.289 e. The van der Waals surface area contributed by atoms with Gasteiger partial charge < -0.3 is 9.84 Å². The number of ether oxygens (including phenoxy) is 1. The Bertz CT molecular complexity index is 589. The van der Waals surface area contributed by atoms with Crippen molar-refractivity contribution in [2.24, 2.45) is 5.10 Å². The minimum absolute atomic E-state index is 0.00239. The normalized spacial score (nSPS) is 12.4. The van der Waals surface area contributed by atoms with Crippen molar-refractivity contribution in [3.63, 3.8) is 0 Å². The molecule has 0 spiro atoms. The lowest BCUT2D eigenvalue weighted by atomic mass is 10.1. The summed E-state index contributed by atoms with van der Waals surface area (Å²) in [6, 6.07) is 7.32. The molecule has 0 aromatic heterocycles. The van der Waals surface area contributed by atoms with Gasteiger partial charge in [-0.3, -0.25) is 4.79 Å². The van der Waals surface area contributed by atoms with E-state index >= 15 is 0 Å². The molecule has 1 aromatic carbocycles. The Morgan fingerprint density at radius 2 is 1.83 bits per heavy atom. The van der Waals surface area contributed by atoms with Gasteiger partial charge in [0.05, 0.1) is 12.1 Å². The Morgan fingerprint density at radius 3 is 2.26 bits per heavy atom. The maximum Gasteiger partial charge on any atom is 0.289 e. The highest BCUT2D eigenvalue weighted by atomic mass is 35.5. The quantitative estimate of drug-likeness (QED) is 0.374. The van der Waals surface area contributed by atoms with Crippen molar-refractivity contribution in [1.82, 2.24) is 5.01 Å². The van der Waals surface area contributed by atoms with Crippen LogP contribution in [0.3, 0.4) is 0 Å². The molecule has 0 radical (unpaired) electrons. The van der Waals surface area contributed by atoms with Crippen LogP contribution in [-0.4, -0.2) is 28.3 Å². The van der Waals surface area contributed by atoms with Gasteiger partial charge in [0.1, 0.15) is 17.4 Å². The highest BCUT2D eigenvalue weighted by molar-refractivity contribution is 6.42. The monoisotopic (exact) mass is 338 g/mol. The van der Waals surface area contributed by atoms with E-state index in [9.17, 15) is 4.79 Å². The van der Waals surface area contributed by atoms with Gasteiger partial charge in [-0.15, -0.1) is 0 Å². The zero-order valence-corrected chi connectivity index (χ0v) is 14.7. The average Bonchev–Trinajstić information content (AvgIpc) is 2.51. The molecule has 0 aliphatic carbocycles. The molecule has 23 heavy (non-hydrogen) atoms. The van der Waals surface area contributed by atoms with Gasteiger partial charge in [-0.2, -0.15) is 5.10 Å². The fraction of sp³-hybridized carbons (Fsp3) is 0.412. The van der Waals surface area contributed by atoms with Crippen LogP contribution in [0.4, 0.5) is 0 Å². The predicted molar refractivity (Wildman–Crippen MR) is 91.9 cm³/mol. The Morgan fingerprint density at radius 1 is 1.30 bits per heavy atom. The van der Waals surface area contributed by atoms with Crippen molar-refractivity contribution in [3.05, 3.63) is 46.2 Å². The largest absolute Gasteiger partial charge is 0.492 e. The molecule has 0 saturated carbocycles. The number of allylic oxidation sites excluding steroid dienone is 1. The molecule has 1 N–H and O–H groups in total. The van der Waals surface area contributed by atoms with E-state index in [1.54, 1.807) is 6.92 Å². The van der Waals surface area contributed by atoms with Crippen molar-refractivity contribution in [2.75, 3.05) is 0 Å². The minimum Gasteiger partial charge on any atom is -0.492 e. The molecule has 0 aliphatic rings. The summed E-state index contributed by atoms with van der Waals surface area (Å²) in [5.74, 6) is -0.136. The van der Waals surface area contributed by atoms with Crippen LogP contribution in [0, 0.1) is 0 Å². The summed E-state index contributed by atoms with van der Waals surface area (Å²) in [6.07, 6.45) is 0. The Hall–Kier alpha value is -1.85. The zero-order chi connectivity index (χ0) is 17.6. The first-order chi connectivity index (χ1) is 10.7. The van der Waals surface area contributed by atoms with Crippen LogP contribution in [0.25, 0.3) is 0 Å². The molecule has 0 aliphatic heterocycles. The van der Waals surface area contributed by atoms with Crippen LogP contribution in [0.15, 0.2) is 40.2 Å². The SMILES string of the molecule is C=NN(C(=O)/C(Cl)=C(\C)OCc1ccc(CO)cc1)C(C)(C)C. The van der Waals surface area contributed by atoms with E-state index in [4.69, 9.17) is 21.4 Å². The van der Waals surface area contributed by atoms with Crippen molar-refractivity contribution in [3.8, 4) is 0 Å². The molecule has 0 atom stereocenters. The molecule has 0 bridgehead atoms. The number of aliphatic hydroxyl groups is 1. The van der Waals surface area contributed by atoms with E-state index in [2.05, 4.69) is 11.8 Å². The van der Waals surface area contributed by atoms with Gasteiger partial charge in [-0.1, -0.05) is 35.9 Å². The molecule has 6 heteroatoms. The number of hydrazone groups is 1.